The maximum Gasteiger partial charge on any atom is 0.331 e. The molecule has 2 saturated heterocycles. The number of aliphatic hydroxyl groups is 1. The summed E-state index contributed by atoms with van der Waals surface area (Å²) >= 11 is 0. The number of rotatable bonds is 3. The Bertz CT molecular complexity index is 631. The Labute approximate surface area is 141 Å². The molecule has 0 aromatic rings. The van der Waals surface area contributed by atoms with Crippen LogP contribution in [-0.4, -0.2) is 66.8 Å². The van der Waals surface area contributed by atoms with Crippen molar-refractivity contribution in [3.05, 3.63) is 11.6 Å². The van der Waals surface area contributed by atoms with E-state index in [-0.39, 0.29) is 42.9 Å². The van der Waals surface area contributed by atoms with Crippen molar-refractivity contribution in [2.24, 2.45) is 5.92 Å². The fourth-order valence-corrected chi connectivity index (χ4v) is 5.38. The van der Waals surface area contributed by atoms with Crippen LogP contribution in [0.1, 0.15) is 25.7 Å². The minimum atomic E-state index is -0.546. The highest BCUT2D eigenvalue weighted by atomic mass is 16.7. The number of hydrogen-bond donors (Lipinski definition) is 1. The Morgan fingerprint density at radius 1 is 1.46 bits per heavy atom. The molecule has 6 heteroatoms. The molecule has 1 spiro atoms. The van der Waals surface area contributed by atoms with Gasteiger partial charge >= 0.3 is 5.97 Å². The van der Waals surface area contributed by atoms with Gasteiger partial charge in [0.2, 0.25) is 0 Å². The molecule has 4 rings (SSSR count). The van der Waals surface area contributed by atoms with Gasteiger partial charge in [0.15, 0.2) is 11.9 Å². The zero-order valence-electron chi connectivity index (χ0n) is 14.0. The summed E-state index contributed by atoms with van der Waals surface area (Å²) in [5.41, 5.74) is 0.458. The minimum Gasteiger partial charge on any atom is -0.450 e. The van der Waals surface area contributed by atoms with E-state index in [1.54, 1.807) is 20.3 Å². The first-order chi connectivity index (χ1) is 11.6. The van der Waals surface area contributed by atoms with E-state index in [0.717, 1.165) is 31.3 Å². The van der Waals surface area contributed by atoms with Crippen LogP contribution >= 0.6 is 0 Å². The van der Waals surface area contributed by atoms with Gasteiger partial charge in [0.1, 0.15) is 6.61 Å². The third kappa shape index (κ3) is 2.09. The van der Waals surface area contributed by atoms with Crippen LogP contribution in [0.15, 0.2) is 11.6 Å². The molecule has 0 aromatic heterocycles. The highest BCUT2D eigenvalue weighted by molar-refractivity contribution is 5.87. The van der Waals surface area contributed by atoms with Crippen molar-refractivity contribution >= 4 is 5.97 Å². The Balaban J connectivity index is 1.71. The summed E-state index contributed by atoms with van der Waals surface area (Å²) in [5, 5.41) is 9.04. The lowest BCUT2D eigenvalue weighted by atomic mass is 9.72. The molecule has 3 aliphatic heterocycles. The molecule has 5 unspecified atom stereocenters. The SMILES string of the molecule is COC(OC)C1CCC2N1C1CC(C#CCO)C3=CC(=O)OC32C1. The van der Waals surface area contributed by atoms with Gasteiger partial charge in [0, 0.05) is 38.7 Å². The van der Waals surface area contributed by atoms with E-state index in [0.29, 0.717) is 0 Å². The zero-order chi connectivity index (χ0) is 16.9. The molecule has 24 heavy (non-hydrogen) atoms. The number of hydrogen-bond acceptors (Lipinski definition) is 6. The number of aliphatic hydroxyl groups excluding tert-OH is 1. The van der Waals surface area contributed by atoms with Crippen molar-refractivity contribution in [2.45, 2.75) is 55.7 Å². The molecule has 1 aliphatic carbocycles. The zero-order valence-corrected chi connectivity index (χ0v) is 14.0. The van der Waals surface area contributed by atoms with E-state index in [2.05, 4.69) is 16.7 Å². The summed E-state index contributed by atoms with van der Waals surface area (Å²) in [6, 6.07) is 0.620. The third-order valence-electron chi connectivity index (χ3n) is 6.04. The average Bonchev–Trinajstić information content (AvgIpc) is 3.21. The fraction of sp³-hybridized carbons (Fsp3) is 0.722. The molecule has 1 N–H and O–H groups in total. The monoisotopic (exact) mass is 333 g/mol. The van der Waals surface area contributed by atoms with Crippen LogP contribution < -0.4 is 0 Å². The standard InChI is InChI=1S/C18H23NO5/c1-22-17(23-2)14-5-6-15-18-10-12(19(14)15)8-11(4-3-7-20)13(18)9-16(21)24-18/h9,11-12,14-15,17,20H,5-8,10H2,1-2H3. The number of esters is 1. The van der Waals surface area contributed by atoms with E-state index >= 15 is 0 Å². The molecule has 2 bridgehead atoms. The minimum absolute atomic E-state index is 0.0304. The predicted octanol–water partition coefficient (Wildman–Crippen LogP) is 0.448. The highest BCUT2D eigenvalue weighted by Crippen LogP contribution is 2.57. The average molecular weight is 333 g/mol. The lowest BCUT2D eigenvalue weighted by Gasteiger charge is -2.36. The van der Waals surface area contributed by atoms with Crippen molar-refractivity contribution in [3.8, 4) is 11.8 Å². The number of carbonyl (C=O) groups is 1. The van der Waals surface area contributed by atoms with Gasteiger partial charge in [-0.1, -0.05) is 11.8 Å². The first kappa shape index (κ1) is 16.1. The van der Waals surface area contributed by atoms with Gasteiger partial charge in [-0.15, -0.1) is 0 Å². The van der Waals surface area contributed by atoms with Crippen LogP contribution in [0.3, 0.4) is 0 Å². The molecule has 1 saturated carbocycles. The van der Waals surface area contributed by atoms with E-state index in [1.165, 1.54) is 0 Å². The van der Waals surface area contributed by atoms with E-state index in [9.17, 15) is 4.79 Å². The Morgan fingerprint density at radius 2 is 2.25 bits per heavy atom. The molecule has 0 radical (unpaired) electrons. The summed E-state index contributed by atoms with van der Waals surface area (Å²) in [6.45, 7) is -0.165. The summed E-state index contributed by atoms with van der Waals surface area (Å²) in [4.78, 5) is 14.5. The molecule has 0 aromatic carbocycles. The maximum absolute atomic E-state index is 12.1. The largest absolute Gasteiger partial charge is 0.450 e. The van der Waals surface area contributed by atoms with Crippen molar-refractivity contribution in [1.82, 2.24) is 4.90 Å². The maximum atomic E-state index is 12.1. The topological polar surface area (TPSA) is 68.2 Å². The molecular weight excluding hydrogens is 310 g/mol. The normalized spacial score (nSPS) is 40.0. The van der Waals surface area contributed by atoms with Crippen molar-refractivity contribution in [1.29, 1.82) is 0 Å². The van der Waals surface area contributed by atoms with Crippen molar-refractivity contribution < 1.29 is 24.1 Å². The molecule has 0 amide bonds. The van der Waals surface area contributed by atoms with Gasteiger partial charge in [-0.05, 0) is 24.8 Å². The molecular formula is C18H23NO5. The summed E-state index contributed by atoms with van der Waals surface area (Å²) in [6.07, 6.45) is 4.95. The van der Waals surface area contributed by atoms with Gasteiger partial charge in [-0.3, -0.25) is 4.90 Å². The predicted molar refractivity (Wildman–Crippen MR) is 84.7 cm³/mol. The second-order valence-electron chi connectivity index (χ2n) is 6.98. The van der Waals surface area contributed by atoms with Crippen LogP contribution in [0.5, 0.6) is 0 Å². The lowest BCUT2D eigenvalue weighted by molar-refractivity contribution is -0.151. The molecule has 3 fully saturated rings. The fourth-order valence-electron chi connectivity index (χ4n) is 5.38. The molecule has 6 nitrogen and oxygen atoms in total. The Morgan fingerprint density at radius 3 is 2.96 bits per heavy atom. The van der Waals surface area contributed by atoms with Crippen LogP contribution in [0, 0.1) is 17.8 Å². The Kier molecular flexibility index (Phi) is 3.92. The van der Waals surface area contributed by atoms with E-state index in [1.807, 2.05) is 0 Å². The number of methoxy groups -OCH3 is 2. The van der Waals surface area contributed by atoms with Crippen LogP contribution in [0.4, 0.5) is 0 Å². The molecule has 5 atom stereocenters. The second-order valence-corrected chi connectivity index (χ2v) is 6.98. The third-order valence-corrected chi connectivity index (χ3v) is 6.04. The van der Waals surface area contributed by atoms with Gasteiger partial charge in [-0.2, -0.15) is 0 Å². The second kappa shape index (κ2) is 5.85. The summed E-state index contributed by atoms with van der Waals surface area (Å²) in [5.74, 6) is 5.60. The lowest BCUT2D eigenvalue weighted by Crippen LogP contribution is -2.48. The van der Waals surface area contributed by atoms with Gasteiger partial charge in [0.05, 0.1) is 12.1 Å². The molecule has 130 valence electrons. The Hall–Kier alpha value is -1.39. The molecule has 4 aliphatic rings. The van der Waals surface area contributed by atoms with Gasteiger partial charge < -0.3 is 19.3 Å². The molecule has 3 heterocycles. The number of fused-ring (bicyclic) bond motifs is 3. The highest BCUT2D eigenvalue weighted by Gasteiger charge is 2.66. The number of ether oxygens (including phenoxy) is 3. The van der Waals surface area contributed by atoms with Crippen molar-refractivity contribution in [3.63, 3.8) is 0 Å². The number of nitrogens with zero attached hydrogens (tertiary/aromatic N) is 1. The van der Waals surface area contributed by atoms with Crippen molar-refractivity contribution in [2.75, 3.05) is 20.8 Å². The first-order valence-electron chi connectivity index (χ1n) is 8.52. The van der Waals surface area contributed by atoms with E-state index < -0.39 is 5.60 Å². The quantitative estimate of drug-likeness (QED) is 0.459. The number of carbonyl (C=O) groups excluding carboxylic acids is 1. The van der Waals surface area contributed by atoms with Gasteiger partial charge in [0.25, 0.3) is 0 Å². The smallest absolute Gasteiger partial charge is 0.331 e. The van der Waals surface area contributed by atoms with Gasteiger partial charge in [-0.25, -0.2) is 4.79 Å². The van der Waals surface area contributed by atoms with Crippen LogP contribution in [-0.2, 0) is 19.0 Å². The summed E-state index contributed by atoms with van der Waals surface area (Å²) in [7, 11) is 3.33. The summed E-state index contributed by atoms with van der Waals surface area (Å²) < 4.78 is 16.9. The van der Waals surface area contributed by atoms with Crippen LogP contribution in [0.25, 0.3) is 0 Å². The first-order valence-corrected chi connectivity index (χ1v) is 8.52. The van der Waals surface area contributed by atoms with E-state index in [4.69, 9.17) is 19.3 Å². The van der Waals surface area contributed by atoms with Crippen LogP contribution in [0.2, 0.25) is 0 Å².